The van der Waals surface area contributed by atoms with E-state index < -0.39 is 23.9 Å². The maximum Gasteiger partial charge on any atom is 0.306 e. The highest BCUT2D eigenvalue weighted by Gasteiger charge is 2.22. The molecule has 0 aromatic heterocycles. The van der Waals surface area contributed by atoms with Crippen LogP contribution in [0.3, 0.4) is 0 Å². The van der Waals surface area contributed by atoms with Gasteiger partial charge in [-0.3, -0.25) is 14.4 Å². The summed E-state index contributed by atoms with van der Waals surface area (Å²) in [6.07, 6.45) is 1.19. The predicted molar refractivity (Wildman–Crippen MR) is 57.0 cm³/mol. The van der Waals surface area contributed by atoms with Gasteiger partial charge in [-0.25, -0.2) is 0 Å². The van der Waals surface area contributed by atoms with E-state index in [-0.39, 0.29) is 12.8 Å². The fraction of sp³-hybridized carbons (Fsp3) is 0.700. The molecule has 0 spiro atoms. The highest BCUT2D eigenvalue weighted by Crippen LogP contribution is 2.04. The summed E-state index contributed by atoms with van der Waals surface area (Å²) in [5, 5.41) is 0. The molecular formula is C10H18N2O4. The van der Waals surface area contributed by atoms with Crippen LogP contribution in [0.25, 0.3) is 0 Å². The van der Waals surface area contributed by atoms with Crippen molar-refractivity contribution in [2.45, 2.75) is 45.1 Å². The van der Waals surface area contributed by atoms with Crippen LogP contribution in [0.4, 0.5) is 0 Å². The van der Waals surface area contributed by atoms with E-state index in [9.17, 15) is 14.4 Å². The van der Waals surface area contributed by atoms with Crippen molar-refractivity contribution in [1.29, 1.82) is 0 Å². The first-order valence-electron chi connectivity index (χ1n) is 5.24. The molecule has 0 aromatic rings. The monoisotopic (exact) mass is 230 g/mol. The van der Waals surface area contributed by atoms with Crippen LogP contribution in [0.5, 0.6) is 0 Å². The second-order valence-electron chi connectivity index (χ2n) is 3.51. The molecule has 92 valence electrons. The Morgan fingerprint density at radius 2 is 1.81 bits per heavy atom. The van der Waals surface area contributed by atoms with E-state index in [4.69, 9.17) is 16.2 Å². The van der Waals surface area contributed by atoms with Crippen molar-refractivity contribution in [3.05, 3.63) is 0 Å². The molecule has 0 saturated heterocycles. The highest BCUT2D eigenvalue weighted by atomic mass is 16.5. The van der Waals surface area contributed by atoms with Crippen LogP contribution < -0.4 is 11.5 Å². The third-order valence-electron chi connectivity index (χ3n) is 1.96. The molecule has 6 heteroatoms. The normalized spacial score (nSPS) is 11.8. The Hall–Kier alpha value is -1.59. The molecule has 0 rings (SSSR count). The largest absolute Gasteiger partial charge is 0.452 e. The van der Waals surface area contributed by atoms with Gasteiger partial charge in [-0.05, 0) is 6.42 Å². The van der Waals surface area contributed by atoms with Gasteiger partial charge in [-0.2, -0.15) is 0 Å². The molecule has 4 N–H and O–H groups in total. The fourth-order valence-electron chi connectivity index (χ4n) is 1.12. The zero-order chi connectivity index (χ0) is 12.6. The molecule has 1 unspecified atom stereocenters. The summed E-state index contributed by atoms with van der Waals surface area (Å²) in [4.78, 5) is 32.6. The van der Waals surface area contributed by atoms with Gasteiger partial charge in [0.15, 0.2) is 6.10 Å². The molecule has 0 heterocycles. The van der Waals surface area contributed by atoms with Gasteiger partial charge >= 0.3 is 5.97 Å². The van der Waals surface area contributed by atoms with E-state index in [1.807, 2.05) is 6.92 Å². The summed E-state index contributed by atoms with van der Waals surface area (Å²) in [5.74, 6) is -2.12. The predicted octanol–water partition coefficient (Wildman–Crippen LogP) is -0.161. The Labute approximate surface area is 94.3 Å². The van der Waals surface area contributed by atoms with E-state index in [1.54, 1.807) is 0 Å². The summed E-state index contributed by atoms with van der Waals surface area (Å²) in [5.41, 5.74) is 9.85. The van der Waals surface area contributed by atoms with Crippen molar-refractivity contribution < 1.29 is 19.1 Å². The summed E-state index contributed by atoms with van der Waals surface area (Å²) in [7, 11) is 0. The maximum absolute atomic E-state index is 11.2. The van der Waals surface area contributed by atoms with Crippen LogP contribution in [0, 0.1) is 0 Å². The maximum atomic E-state index is 11.2. The zero-order valence-electron chi connectivity index (χ0n) is 9.40. The number of carbonyl (C=O) groups excluding carboxylic acids is 3. The second kappa shape index (κ2) is 7.67. The standard InChI is InChI=1S/C10H18N2O4/c1-2-3-4-5-9(14)16-7(10(12)15)6-8(11)13/h7H,2-6H2,1H3,(H2,11,13)(H2,12,15). The van der Waals surface area contributed by atoms with Crippen molar-refractivity contribution >= 4 is 17.8 Å². The van der Waals surface area contributed by atoms with Crippen molar-refractivity contribution in [2.24, 2.45) is 11.5 Å². The number of hydrogen-bond acceptors (Lipinski definition) is 4. The molecule has 0 radical (unpaired) electrons. The summed E-state index contributed by atoms with van der Waals surface area (Å²) in [6.45, 7) is 2.00. The van der Waals surface area contributed by atoms with Gasteiger partial charge < -0.3 is 16.2 Å². The summed E-state index contributed by atoms with van der Waals surface area (Å²) in [6, 6.07) is 0. The van der Waals surface area contributed by atoms with Crippen molar-refractivity contribution in [1.82, 2.24) is 0 Å². The van der Waals surface area contributed by atoms with Gasteiger partial charge in [0.05, 0.1) is 6.42 Å². The fourth-order valence-corrected chi connectivity index (χ4v) is 1.12. The van der Waals surface area contributed by atoms with E-state index >= 15 is 0 Å². The number of ether oxygens (including phenoxy) is 1. The third kappa shape index (κ3) is 6.80. The molecule has 0 aliphatic heterocycles. The number of primary amides is 2. The smallest absolute Gasteiger partial charge is 0.306 e. The summed E-state index contributed by atoms with van der Waals surface area (Å²) < 4.78 is 4.76. The van der Waals surface area contributed by atoms with E-state index in [1.165, 1.54) is 0 Å². The van der Waals surface area contributed by atoms with E-state index in [0.717, 1.165) is 12.8 Å². The van der Waals surface area contributed by atoms with Crippen molar-refractivity contribution in [2.75, 3.05) is 0 Å². The number of unbranched alkanes of at least 4 members (excludes halogenated alkanes) is 2. The average Bonchev–Trinajstić information content (AvgIpc) is 2.16. The first-order valence-corrected chi connectivity index (χ1v) is 5.24. The lowest BCUT2D eigenvalue weighted by Gasteiger charge is -2.12. The Morgan fingerprint density at radius 3 is 2.25 bits per heavy atom. The second-order valence-corrected chi connectivity index (χ2v) is 3.51. The molecular weight excluding hydrogens is 212 g/mol. The van der Waals surface area contributed by atoms with Crippen molar-refractivity contribution in [3.63, 3.8) is 0 Å². The first kappa shape index (κ1) is 14.4. The lowest BCUT2D eigenvalue weighted by molar-refractivity contribution is -0.156. The van der Waals surface area contributed by atoms with Gasteiger partial charge in [0.1, 0.15) is 0 Å². The van der Waals surface area contributed by atoms with Gasteiger partial charge in [-0.1, -0.05) is 19.8 Å². The molecule has 0 fully saturated rings. The molecule has 0 bridgehead atoms. The van der Waals surface area contributed by atoms with Gasteiger partial charge in [0, 0.05) is 6.42 Å². The Bertz CT molecular complexity index is 266. The Morgan fingerprint density at radius 1 is 1.19 bits per heavy atom. The molecule has 0 saturated carbocycles. The van der Waals surface area contributed by atoms with Crippen molar-refractivity contribution in [3.8, 4) is 0 Å². The topological polar surface area (TPSA) is 112 Å². The minimum atomic E-state index is -1.24. The average molecular weight is 230 g/mol. The lowest BCUT2D eigenvalue weighted by atomic mass is 10.2. The lowest BCUT2D eigenvalue weighted by Crippen LogP contribution is -2.36. The third-order valence-corrected chi connectivity index (χ3v) is 1.96. The Balaban J connectivity index is 4.03. The molecule has 0 aliphatic rings. The van der Waals surface area contributed by atoms with Crippen LogP contribution in [0.15, 0.2) is 0 Å². The summed E-state index contributed by atoms with van der Waals surface area (Å²) >= 11 is 0. The van der Waals surface area contributed by atoms with E-state index in [2.05, 4.69) is 0 Å². The molecule has 2 amide bonds. The zero-order valence-corrected chi connectivity index (χ0v) is 9.40. The minimum absolute atomic E-state index is 0.219. The molecule has 0 aliphatic carbocycles. The number of esters is 1. The minimum Gasteiger partial charge on any atom is -0.452 e. The molecule has 6 nitrogen and oxygen atoms in total. The first-order chi connectivity index (χ1) is 7.47. The van der Waals surface area contributed by atoms with Gasteiger partial charge in [-0.15, -0.1) is 0 Å². The van der Waals surface area contributed by atoms with Crippen LogP contribution in [-0.4, -0.2) is 23.9 Å². The molecule has 16 heavy (non-hydrogen) atoms. The highest BCUT2D eigenvalue weighted by molar-refractivity contribution is 5.87. The molecule has 0 aromatic carbocycles. The SMILES string of the molecule is CCCCCC(=O)OC(CC(N)=O)C(N)=O. The molecule has 1 atom stereocenters. The van der Waals surface area contributed by atoms with Gasteiger partial charge in [0.2, 0.25) is 5.91 Å². The van der Waals surface area contributed by atoms with Crippen LogP contribution >= 0.6 is 0 Å². The number of nitrogens with two attached hydrogens (primary N) is 2. The number of amides is 2. The Kier molecular flexibility index (Phi) is 6.91. The number of hydrogen-bond donors (Lipinski definition) is 2. The van der Waals surface area contributed by atoms with Crippen LogP contribution in [-0.2, 0) is 19.1 Å². The number of carbonyl (C=O) groups is 3. The van der Waals surface area contributed by atoms with Gasteiger partial charge in [0.25, 0.3) is 5.91 Å². The van der Waals surface area contributed by atoms with Crippen LogP contribution in [0.2, 0.25) is 0 Å². The van der Waals surface area contributed by atoms with E-state index in [0.29, 0.717) is 6.42 Å². The quantitative estimate of drug-likeness (QED) is 0.445. The van der Waals surface area contributed by atoms with Crippen LogP contribution in [0.1, 0.15) is 39.0 Å². The number of rotatable bonds is 8.